The molecule has 0 amide bonds. The van der Waals surface area contributed by atoms with E-state index in [0.29, 0.717) is 5.69 Å². The van der Waals surface area contributed by atoms with Crippen LogP contribution in [0.4, 0.5) is 17.1 Å². The third kappa shape index (κ3) is 1.28. The van der Waals surface area contributed by atoms with Crippen LogP contribution < -0.4 is 16.0 Å². The molecule has 1 aliphatic rings. The highest BCUT2D eigenvalue weighted by Crippen LogP contribution is 2.37. The first-order valence-corrected chi connectivity index (χ1v) is 4.96. The van der Waals surface area contributed by atoms with Gasteiger partial charge in [0.15, 0.2) is 0 Å². The Morgan fingerprint density at radius 3 is 2.88 bits per heavy atom. The molecular formula is C12H10N3O. The molecule has 1 aliphatic heterocycles. The van der Waals surface area contributed by atoms with Gasteiger partial charge in [-0.25, -0.2) is 0 Å². The Kier molecular flexibility index (Phi) is 1.94. The first kappa shape index (κ1) is 9.06. The summed E-state index contributed by atoms with van der Waals surface area (Å²) in [6, 6.07) is 15.8. The van der Waals surface area contributed by atoms with Crippen LogP contribution in [0.25, 0.3) is 0 Å². The minimum absolute atomic E-state index is 0.188. The molecule has 0 aliphatic carbocycles. The van der Waals surface area contributed by atoms with Crippen LogP contribution in [0.1, 0.15) is 0 Å². The molecule has 79 valence electrons. The van der Waals surface area contributed by atoms with Crippen molar-refractivity contribution in [3.8, 4) is 5.75 Å². The maximum Gasteiger partial charge on any atom is 0.141 e. The van der Waals surface area contributed by atoms with Crippen LogP contribution in [0.2, 0.25) is 0 Å². The topological polar surface area (TPSA) is 47.5 Å². The van der Waals surface area contributed by atoms with E-state index in [4.69, 9.17) is 0 Å². The van der Waals surface area contributed by atoms with Crippen molar-refractivity contribution < 1.29 is 5.11 Å². The van der Waals surface area contributed by atoms with Crippen LogP contribution in [0, 0.1) is 6.07 Å². The Labute approximate surface area is 93.1 Å². The van der Waals surface area contributed by atoms with Crippen molar-refractivity contribution in [3.63, 3.8) is 0 Å². The highest BCUT2D eigenvalue weighted by atomic mass is 16.3. The van der Waals surface area contributed by atoms with Crippen molar-refractivity contribution in [1.29, 1.82) is 0 Å². The van der Waals surface area contributed by atoms with Crippen LogP contribution in [0.15, 0.2) is 42.5 Å². The zero-order valence-electron chi connectivity index (χ0n) is 8.44. The molecule has 4 heteroatoms. The SMILES string of the molecule is Oc1c[c]ccc1N1NNc2ccccc21. The molecule has 1 radical (unpaired) electrons. The molecule has 2 aromatic carbocycles. The van der Waals surface area contributed by atoms with E-state index in [0.717, 1.165) is 11.4 Å². The molecule has 0 saturated carbocycles. The van der Waals surface area contributed by atoms with Gasteiger partial charge >= 0.3 is 0 Å². The maximum absolute atomic E-state index is 9.76. The van der Waals surface area contributed by atoms with E-state index in [1.54, 1.807) is 17.1 Å². The third-order valence-corrected chi connectivity index (χ3v) is 2.51. The molecule has 1 heterocycles. The molecule has 0 saturated heterocycles. The molecule has 2 aromatic rings. The van der Waals surface area contributed by atoms with Gasteiger partial charge in [-0.1, -0.05) is 18.2 Å². The standard InChI is InChI=1S/C12H10N3O/c16-12-8-4-3-7-11(12)15-10-6-2-1-5-9(10)13-14-15/h1-3,5-8,13-14,16H. The number of para-hydroxylation sites is 2. The van der Waals surface area contributed by atoms with Crippen molar-refractivity contribution in [2.75, 3.05) is 10.4 Å². The smallest absolute Gasteiger partial charge is 0.141 e. The van der Waals surface area contributed by atoms with Crippen LogP contribution in [-0.2, 0) is 0 Å². The van der Waals surface area contributed by atoms with Gasteiger partial charge in [0.25, 0.3) is 0 Å². The predicted octanol–water partition coefficient (Wildman–Crippen LogP) is 2.18. The summed E-state index contributed by atoms with van der Waals surface area (Å²) in [6.45, 7) is 0. The van der Waals surface area contributed by atoms with Crippen molar-refractivity contribution >= 4 is 17.1 Å². The number of phenols is 1. The normalized spacial score (nSPS) is 13.4. The van der Waals surface area contributed by atoms with Crippen molar-refractivity contribution in [2.45, 2.75) is 0 Å². The van der Waals surface area contributed by atoms with Crippen LogP contribution in [0.3, 0.4) is 0 Å². The number of anilines is 3. The summed E-state index contributed by atoms with van der Waals surface area (Å²) >= 11 is 0. The molecule has 16 heavy (non-hydrogen) atoms. The van der Waals surface area contributed by atoms with E-state index in [-0.39, 0.29) is 5.75 Å². The number of hydrazine groups is 2. The number of fused-ring (bicyclic) bond motifs is 1. The summed E-state index contributed by atoms with van der Waals surface area (Å²) in [5.41, 5.74) is 8.67. The van der Waals surface area contributed by atoms with Gasteiger partial charge in [-0.2, -0.15) is 0 Å². The van der Waals surface area contributed by atoms with Gasteiger partial charge in [0.2, 0.25) is 0 Å². The summed E-state index contributed by atoms with van der Waals surface area (Å²) in [6.07, 6.45) is 0. The average molecular weight is 212 g/mol. The Hall–Kier alpha value is -2.20. The lowest BCUT2D eigenvalue weighted by Gasteiger charge is -2.18. The summed E-state index contributed by atoms with van der Waals surface area (Å²) < 4.78 is 0. The second kappa shape index (κ2) is 3.43. The second-order valence-corrected chi connectivity index (χ2v) is 3.50. The number of rotatable bonds is 1. The minimum Gasteiger partial charge on any atom is -0.506 e. The van der Waals surface area contributed by atoms with Gasteiger partial charge in [-0.05, 0) is 30.3 Å². The summed E-state index contributed by atoms with van der Waals surface area (Å²) in [4.78, 5) is 0. The fourth-order valence-corrected chi connectivity index (χ4v) is 1.74. The second-order valence-electron chi connectivity index (χ2n) is 3.50. The first-order chi connectivity index (χ1) is 7.86. The number of phenolic OH excluding ortho intramolecular Hbond substituents is 1. The Morgan fingerprint density at radius 2 is 2.00 bits per heavy atom. The fourth-order valence-electron chi connectivity index (χ4n) is 1.74. The van der Waals surface area contributed by atoms with Gasteiger partial charge in [0.1, 0.15) is 11.4 Å². The monoisotopic (exact) mass is 212 g/mol. The minimum atomic E-state index is 0.188. The quantitative estimate of drug-likeness (QED) is 0.678. The number of nitrogens with zero attached hydrogens (tertiary/aromatic N) is 1. The zero-order valence-corrected chi connectivity index (χ0v) is 8.44. The Morgan fingerprint density at radius 1 is 1.12 bits per heavy atom. The highest BCUT2D eigenvalue weighted by molar-refractivity contribution is 5.81. The van der Waals surface area contributed by atoms with E-state index in [1.165, 1.54) is 6.07 Å². The number of nitrogens with one attached hydrogen (secondary N) is 2. The van der Waals surface area contributed by atoms with Gasteiger partial charge < -0.3 is 10.5 Å². The van der Waals surface area contributed by atoms with E-state index in [2.05, 4.69) is 17.0 Å². The lowest BCUT2D eigenvalue weighted by Crippen LogP contribution is -2.31. The van der Waals surface area contributed by atoms with Gasteiger partial charge in [0, 0.05) is 0 Å². The molecule has 0 aromatic heterocycles. The van der Waals surface area contributed by atoms with Crippen molar-refractivity contribution in [1.82, 2.24) is 5.53 Å². The maximum atomic E-state index is 9.76. The number of aromatic hydroxyl groups is 1. The molecule has 0 unspecified atom stereocenters. The lowest BCUT2D eigenvalue weighted by molar-refractivity contribution is 0.474. The zero-order chi connectivity index (χ0) is 11.0. The first-order valence-electron chi connectivity index (χ1n) is 4.96. The fraction of sp³-hybridized carbons (Fsp3) is 0. The molecular weight excluding hydrogens is 202 g/mol. The van der Waals surface area contributed by atoms with Crippen molar-refractivity contribution in [3.05, 3.63) is 48.5 Å². The lowest BCUT2D eigenvalue weighted by atomic mass is 10.2. The highest BCUT2D eigenvalue weighted by Gasteiger charge is 2.20. The Balaban J connectivity index is 2.08. The van der Waals surface area contributed by atoms with Crippen LogP contribution >= 0.6 is 0 Å². The molecule has 0 atom stereocenters. The third-order valence-electron chi connectivity index (χ3n) is 2.51. The van der Waals surface area contributed by atoms with E-state index in [9.17, 15) is 5.11 Å². The predicted molar refractivity (Wildman–Crippen MR) is 62.3 cm³/mol. The van der Waals surface area contributed by atoms with Crippen LogP contribution in [-0.4, -0.2) is 5.11 Å². The molecule has 3 N–H and O–H groups in total. The molecule has 0 fully saturated rings. The van der Waals surface area contributed by atoms with Gasteiger partial charge in [-0.3, -0.25) is 5.01 Å². The largest absolute Gasteiger partial charge is 0.506 e. The van der Waals surface area contributed by atoms with E-state index < -0.39 is 0 Å². The molecule has 0 spiro atoms. The summed E-state index contributed by atoms with van der Waals surface area (Å²) in [7, 11) is 0. The number of benzene rings is 2. The van der Waals surface area contributed by atoms with E-state index in [1.807, 2.05) is 24.3 Å². The summed E-state index contributed by atoms with van der Waals surface area (Å²) in [5.74, 6) is 0.188. The number of hydrogen-bond acceptors (Lipinski definition) is 4. The number of hydrogen-bond donors (Lipinski definition) is 3. The van der Waals surface area contributed by atoms with Crippen LogP contribution in [0.5, 0.6) is 5.75 Å². The van der Waals surface area contributed by atoms with Gasteiger partial charge in [0.05, 0.1) is 11.4 Å². The molecule has 4 nitrogen and oxygen atoms in total. The van der Waals surface area contributed by atoms with Crippen molar-refractivity contribution in [2.24, 2.45) is 0 Å². The van der Waals surface area contributed by atoms with Gasteiger partial charge in [-0.15, -0.1) is 5.53 Å². The average Bonchev–Trinajstić information content (AvgIpc) is 2.74. The molecule has 3 rings (SSSR count). The van der Waals surface area contributed by atoms with E-state index >= 15 is 0 Å². The summed E-state index contributed by atoms with van der Waals surface area (Å²) in [5, 5.41) is 11.5. The Bertz CT molecular complexity index is 527. The molecule has 0 bridgehead atoms.